The first-order chi connectivity index (χ1) is 16.0. The van der Waals surface area contributed by atoms with Crippen LogP contribution in [-0.4, -0.2) is 32.7 Å². The van der Waals surface area contributed by atoms with Gasteiger partial charge in [0.1, 0.15) is 11.4 Å². The Morgan fingerprint density at radius 2 is 2.21 bits per heavy atom. The van der Waals surface area contributed by atoms with E-state index in [0.717, 1.165) is 55.3 Å². The minimum absolute atomic E-state index is 0.0235. The summed E-state index contributed by atoms with van der Waals surface area (Å²) in [5.41, 5.74) is 6.75. The van der Waals surface area contributed by atoms with E-state index < -0.39 is 0 Å². The molecule has 3 aliphatic carbocycles. The quantitative estimate of drug-likeness (QED) is 0.568. The number of carbonyl (C=O) groups excluding carboxylic acids is 1. The number of hydrogen-bond donors (Lipinski definition) is 3. The van der Waals surface area contributed by atoms with Gasteiger partial charge in [0.2, 0.25) is 0 Å². The smallest absolute Gasteiger partial charge is 0.269 e. The summed E-state index contributed by atoms with van der Waals surface area (Å²) in [5.74, 6) is 1.95. The van der Waals surface area contributed by atoms with Gasteiger partial charge in [0.15, 0.2) is 0 Å². The second-order valence-corrected chi connectivity index (χ2v) is 10.3. The first-order valence-corrected chi connectivity index (χ1v) is 12.1. The number of carbonyl (C=O) groups is 1. The van der Waals surface area contributed by atoms with Crippen LogP contribution in [0.4, 0.5) is 0 Å². The highest BCUT2D eigenvalue weighted by Crippen LogP contribution is 2.60. The van der Waals surface area contributed by atoms with Crippen LogP contribution in [0.25, 0.3) is 0 Å². The van der Waals surface area contributed by atoms with E-state index in [9.17, 15) is 9.90 Å². The summed E-state index contributed by atoms with van der Waals surface area (Å²) in [6.07, 6.45) is 9.65. The molecule has 1 fully saturated rings. The summed E-state index contributed by atoms with van der Waals surface area (Å²) in [5, 5.41) is 20.8. The van der Waals surface area contributed by atoms with Gasteiger partial charge in [-0.15, -0.1) is 0 Å². The van der Waals surface area contributed by atoms with E-state index in [0.29, 0.717) is 35.7 Å². The number of phenolic OH excluding ortho intramolecular Hbond substituents is 1. The Morgan fingerprint density at radius 1 is 1.30 bits per heavy atom. The number of aryl methyl sites for hydroxylation is 1. The Labute approximate surface area is 193 Å². The molecule has 3 aromatic rings. The molecule has 3 unspecified atom stereocenters. The molecule has 4 atom stereocenters. The lowest BCUT2D eigenvalue weighted by atomic mass is 9.55. The Kier molecular flexibility index (Phi) is 4.78. The van der Waals surface area contributed by atoms with Crippen molar-refractivity contribution in [1.82, 2.24) is 20.5 Å². The molecular formula is C27H30N4O2. The molecule has 3 aliphatic rings. The zero-order valence-electron chi connectivity index (χ0n) is 19.0. The van der Waals surface area contributed by atoms with Crippen LogP contribution in [0.2, 0.25) is 0 Å². The number of aromatic nitrogens is 3. The molecule has 0 spiro atoms. The summed E-state index contributed by atoms with van der Waals surface area (Å²) < 4.78 is 0. The Bertz CT molecular complexity index is 1200. The highest BCUT2D eigenvalue weighted by Gasteiger charge is 2.55. The van der Waals surface area contributed by atoms with Crippen LogP contribution in [-0.2, 0) is 24.7 Å². The minimum Gasteiger partial charge on any atom is -0.508 e. The number of pyridine rings is 1. The number of benzene rings is 1. The maximum Gasteiger partial charge on any atom is 0.269 e. The average molecular weight is 443 g/mol. The van der Waals surface area contributed by atoms with Gasteiger partial charge in [0, 0.05) is 29.9 Å². The summed E-state index contributed by atoms with van der Waals surface area (Å²) in [6.45, 7) is 2.93. The Hall–Kier alpha value is -3.15. The van der Waals surface area contributed by atoms with Gasteiger partial charge in [0.25, 0.3) is 5.91 Å². The number of nitrogens with one attached hydrogen (secondary N) is 2. The average Bonchev–Trinajstić information content (AvgIpc) is 3.37. The lowest BCUT2D eigenvalue weighted by Crippen LogP contribution is -2.43. The predicted octanol–water partition coefficient (Wildman–Crippen LogP) is 4.05. The maximum absolute atomic E-state index is 13.0. The fourth-order valence-corrected chi connectivity index (χ4v) is 6.96. The van der Waals surface area contributed by atoms with Gasteiger partial charge < -0.3 is 10.4 Å². The molecule has 6 nitrogen and oxygen atoms in total. The van der Waals surface area contributed by atoms with Crippen molar-refractivity contribution in [2.24, 2.45) is 11.8 Å². The van der Waals surface area contributed by atoms with Crippen molar-refractivity contribution in [2.75, 3.05) is 6.54 Å². The van der Waals surface area contributed by atoms with Crippen molar-refractivity contribution >= 4 is 5.91 Å². The third-order valence-corrected chi connectivity index (χ3v) is 8.58. The van der Waals surface area contributed by atoms with Gasteiger partial charge in [0.05, 0.1) is 5.69 Å². The summed E-state index contributed by atoms with van der Waals surface area (Å²) >= 11 is 0. The van der Waals surface area contributed by atoms with Crippen molar-refractivity contribution in [3.05, 3.63) is 76.4 Å². The SMILES string of the molecule is C[C@]12CCC3c4ccc(O)cc4CCC3C1Cc1c2n[nH]c1C(=O)NCCc1cccnc1. The van der Waals surface area contributed by atoms with Crippen molar-refractivity contribution in [3.8, 4) is 5.75 Å². The summed E-state index contributed by atoms with van der Waals surface area (Å²) in [6, 6.07) is 9.87. The molecule has 0 radical (unpaired) electrons. The number of H-pyrrole nitrogens is 1. The van der Waals surface area contributed by atoms with E-state index in [4.69, 9.17) is 5.10 Å². The molecule has 3 N–H and O–H groups in total. The first kappa shape index (κ1) is 20.5. The molecule has 2 aromatic heterocycles. The Morgan fingerprint density at radius 3 is 3.06 bits per heavy atom. The van der Waals surface area contributed by atoms with Gasteiger partial charge in [-0.3, -0.25) is 14.9 Å². The summed E-state index contributed by atoms with van der Waals surface area (Å²) in [7, 11) is 0. The molecule has 1 aromatic carbocycles. The molecule has 0 bridgehead atoms. The van der Waals surface area contributed by atoms with E-state index in [1.807, 2.05) is 30.5 Å². The molecule has 1 amide bonds. The van der Waals surface area contributed by atoms with Gasteiger partial charge in [-0.2, -0.15) is 5.10 Å². The molecule has 170 valence electrons. The van der Waals surface area contributed by atoms with Crippen LogP contribution in [0.3, 0.4) is 0 Å². The number of rotatable bonds is 4. The second-order valence-electron chi connectivity index (χ2n) is 10.3. The third kappa shape index (κ3) is 3.26. The number of aromatic hydroxyl groups is 1. The maximum atomic E-state index is 13.0. The standard InChI is InChI=1S/C27H30N4O2/c1-27-10-8-20-19-7-5-18(32)13-17(19)4-6-21(20)23(27)14-22-24(30-31-25(22)27)26(33)29-12-9-16-3-2-11-28-15-16/h2-3,5,7,11,13,15,20-21,23,32H,4,6,8-10,12,14H2,1H3,(H,29,33)(H,30,31)/t20?,21?,23?,27-/m0/s1. The van der Waals surface area contributed by atoms with Crippen molar-refractivity contribution in [1.29, 1.82) is 0 Å². The van der Waals surface area contributed by atoms with Crippen LogP contribution >= 0.6 is 0 Å². The fourth-order valence-electron chi connectivity index (χ4n) is 6.96. The number of amides is 1. The van der Waals surface area contributed by atoms with E-state index in [-0.39, 0.29) is 11.3 Å². The first-order valence-electron chi connectivity index (χ1n) is 12.1. The van der Waals surface area contributed by atoms with E-state index in [2.05, 4.69) is 28.4 Å². The number of nitrogens with zero attached hydrogens (tertiary/aromatic N) is 2. The van der Waals surface area contributed by atoms with Crippen LogP contribution in [0.15, 0.2) is 42.7 Å². The van der Waals surface area contributed by atoms with Gasteiger partial charge in [-0.05, 0) is 91.2 Å². The van der Waals surface area contributed by atoms with Crippen molar-refractivity contribution in [3.63, 3.8) is 0 Å². The fraction of sp³-hybridized carbons (Fsp3) is 0.444. The highest BCUT2D eigenvalue weighted by atomic mass is 16.3. The van der Waals surface area contributed by atoms with Crippen molar-refractivity contribution < 1.29 is 9.90 Å². The van der Waals surface area contributed by atoms with Crippen LogP contribution in [0.5, 0.6) is 5.75 Å². The third-order valence-electron chi connectivity index (χ3n) is 8.58. The van der Waals surface area contributed by atoms with Crippen LogP contribution in [0.1, 0.15) is 70.5 Å². The van der Waals surface area contributed by atoms with Gasteiger partial charge >= 0.3 is 0 Å². The Balaban J connectivity index is 1.21. The molecule has 2 heterocycles. The minimum atomic E-state index is -0.0593. The van der Waals surface area contributed by atoms with Gasteiger partial charge in [-0.1, -0.05) is 19.1 Å². The highest BCUT2D eigenvalue weighted by molar-refractivity contribution is 5.94. The molecular weight excluding hydrogens is 412 g/mol. The number of fused-ring (bicyclic) bond motifs is 7. The zero-order chi connectivity index (χ0) is 22.6. The van der Waals surface area contributed by atoms with Crippen LogP contribution in [0, 0.1) is 11.8 Å². The van der Waals surface area contributed by atoms with Gasteiger partial charge in [-0.25, -0.2) is 0 Å². The predicted molar refractivity (Wildman–Crippen MR) is 125 cm³/mol. The monoisotopic (exact) mass is 442 g/mol. The van der Waals surface area contributed by atoms with Crippen molar-refractivity contribution in [2.45, 2.75) is 56.8 Å². The summed E-state index contributed by atoms with van der Waals surface area (Å²) in [4.78, 5) is 17.2. The number of phenols is 1. The zero-order valence-corrected chi connectivity index (χ0v) is 19.0. The number of aromatic amines is 1. The normalized spacial score (nSPS) is 27.2. The molecule has 1 saturated carbocycles. The second kappa shape index (κ2) is 7.72. The van der Waals surface area contributed by atoms with Crippen LogP contribution < -0.4 is 5.32 Å². The topological polar surface area (TPSA) is 90.9 Å². The molecule has 33 heavy (non-hydrogen) atoms. The lowest BCUT2D eigenvalue weighted by Gasteiger charge is -2.49. The van der Waals surface area contributed by atoms with E-state index >= 15 is 0 Å². The van der Waals surface area contributed by atoms with E-state index in [1.54, 1.807) is 6.20 Å². The largest absolute Gasteiger partial charge is 0.508 e. The molecule has 6 heteroatoms. The van der Waals surface area contributed by atoms with E-state index in [1.165, 1.54) is 11.1 Å². The molecule has 0 aliphatic heterocycles. The number of hydrogen-bond acceptors (Lipinski definition) is 4. The lowest BCUT2D eigenvalue weighted by molar-refractivity contribution is 0.0940. The molecule has 0 saturated heterocycles. The molecule has 6 rings (SSSR count).